The summed E-state index contributed by atoms with van der Waals surface area (Å²) in [5.74, 6) is -0.267. The predicted molar refractivity (Wildman–Crippen MR) is 77.8 cm³/mol. The Morgan fingerprint density at radius 3 is 2.47 bits per heavy atom. The Morgan fingerprint density at radius 1 is 1.16 bits per heavy atom. The number of rotatable bonds is 4. The minimum atomic E-state index is -0.267. The molecule has 2 aromatic carbocycles. The molecule has 19 heavy (non-hydrogen) atoms. The Hall–Kier alpha value is -1.38. The number of nitrogens with one attached hydrogen (secondary N) is 1. The Labute approximate surface area is 118 Å². The molecule has 0 fully saturated rings. The van der Waals surface area contributed by atoms with Crippen molar-refractivity contribution in [2.45, 2.75) is 26.4 Å². The standard InChI is InChI=1S/C16H17ClFN/c1-11-3-5-13(6-4-11)12(2)19-10-14-7-8-15(17)9-16(14)18/h3-9,12,19H,10H2,1-2H3. The van der Waals surface area contributed by atoms with Gasteiger partial charge in [-0.3, -0.25) is 0 Å². The predicted octanol–water partition coefficient (Wildman–Crippen LogP) is 4.64. The normalized spacial score (nSPS) is 12.4. The maximum absolute atomic E-state index is 13.6. The highest BCUT2D eigenvalue weighted by Gasteiger charge is 2.07. The summed E-state index contributed by atoms with van der Waals surface area (Å²) in [4.78, 5) is 0. The molecule has 2 rings (SSSR count). The van der Waals surface area contributed by atoms with Crippen molar-refractivity contribution in [3.05, 3.63) is 70.0 Å². The molecule has 0 aliphatic heterocycles. The Kier molecular flexibility index (Phi) is 4.56. The first-order valence-electron chi connectivity index (χ1n) is 6.30. The molecule has 0 aromatic heterocycles. The van der Waals surface area contributed by atoms with Crippen molar-refractivity contribution < 1.29 is 4.39 Å². The highest BCUT2D eigenvalue weighted by molar-refractivity contribution is 6.30. The minimum absolute atomic E-state index is 0.177. The van der Waals surface area contributed by atoms with Crippen molar-refractivity contribution in [3.63, 3.8) is 0 Å². The second kappa shape index (κ2) is 6.18. The molecule has 0 aliphatic rings. The summed E-state index contributed by atoms with van der Waals surface area (Å²) in [7, 11) is 0. The van der Waals surface area contributed by atoms with E-state index in [0.29, 0.717) is 17.1 Å². The lowest BCUT2D eigenvalue weighted by molar-refractivity contribution is 0.544. The zero-order valence-corrected chi connectivity index (χ0v) is 11.8. The molecule has 3 heteroatoms. The first kappa shape index (κ1) is 14.0. The Balaban J connectivity index is 2.00. The third-order valence-electron chi connectivity index (χ3n) is 3.19. The fourth-order valence-corrected chi connectivity index (χ4v) is 2.06. The molecule has 1 nitrogen and oxygen atoms in total. The van der Waals surface area contributed by atoms with Crippen LogP contribution in [0.4, 0.5) is 4.39 Å². The lowest BCUT2D eigenvalue weighted by atomic mass is 10.1. The van der Waals surface area contributed by atoms with Crippen molar-refractivity contribution >= 4 is 11.6 Å². The average Bonchev–Trinajstić information content (AvgIpc) is 2.38. The van der Waals surface area contributed by atoms with E-state index in [2.05, 4.69) is 43.4 Å². The van der Waals surface area contributed by atoms with Crippen LogP contribution >= 0.6 is 11.6 Å². The second-order valence-corrected chi connectivity index (χ2v) is 5.19. The Bertz CT molecular complexity index is 551. The van der Waals surface area contributed by atoms with Crippen LogP contribution in [-0.4, -0.2) is 0 Å². The van der Waals surface area contributed by atoms with E-state index in [1.54, 1.807) is 12.1 Å². The number of benzene rings is 2. The summed E-state index contributed by atoms with van der Waals surface area (Å²) in [6.07, 6.45) is 0. The van der Waals surface area contributed by atoms with Crippen LogP contribution in [0.1, 0.15) is 29.7 Å². The van der Waals surface area contributed by atoms with Gasteiger partial charge in [-0.15, -0.1) is 0 Å². The van der Waals surface area contributed by atoms with Gasteiger partial charge in [-0.25, -0.2) is 4.39 Å². The van der Waals surface area contributed by atoms with E-state index in [-0.39, 0.29) is 11.9 Å². The van der Waals surface area contributed by atoms with E-state index >= 15 is 0 Å². The highest BCUT2D eigenvalue weighted by atomic mass is 35.5. The fourth-order valence-electron chi connectivity index (χ4n) is 1.90. The van der Waals surface area contributed by atoms with E-state index in [0.717, 1.165) is 0 Å². The van der Waals surface area contributed by atoms with Crippen molar-refractivity contribution in [2.75, 3.05) is 0 Å². The monoisotopic (exact) mass is 277 g/mol. The van der Waals surface area contributed by atoms with Crippen molar-refractivity contribution in [1.29, 1.82) is 0 Å². The fraction of sp³-hybridized carbons (Fsp3) is 0.250. The maximum Gasteiger partial charge on any atom is 0.129 e. The van der Waals surface area contributed by atoms with E-state index in [9.17, 15) is 4.39 Å². The number of hydrogen-bond acceptors (Lipinski definition) is 1. The maximum atomic E-state index is 13.6. The van der Waals surface area contributed by atoms with Crippen LogP contribution in [0.15, 0.2) is 42.5 Å². The number of hydrogen-bond donors (Lipinski definition) is 1. The molecular weight excluding hydrogens is 261 g/mol. The molecule has 0 saturated carbocycles. The largest absolute Gasteiger partial charge is 0.306 e. The number of aryl methyl sites for hydroxylation is 1. The molecule has 0 heterocycles. The van der Waals surface area contributed by atoms with Gasteiger partial charge in [0.05, 0.1) is 0 Å². The molecule has 1 atom stereocenters. The van der Waals surface area contributed by atoms with Gasteiger partial charge in [0.25, 0.3) is 0 Å². The van der Waals surface area contributed by atoms with E-state index in [4.69, 9.17) is 11.6 Å². The minimum Gasteiger partial charge on any atom is -0.306 e. The molecular formula is C16H17ClFN. The van der Waals surface area contributed by atoms with Crippen LogP contribution in [0.3, 0.4) is 0 Å². The molecule has 0 saturated heterocycles. The van der Waals surface area contributed by atoms with Crippen LogP contribution in [-0.2, 0) is 6.54 Å². The molecule has 1 unspecified atom stereocenters. The van der Waals surface area contributed by atoms with Gasteiger partial charge in [-0.2, -0.15) is 0 Å². The van der Waals surface area contributed by atoms with Gasteiger partial charge in [-0.05, 0) is 31.5 Å². The van der Waals surface area contributed by atoms with Gasteiger partial charge < -0.3 is 5.32 Å². The topological polar surface area (TPSA) is 12.0 Å². The molecule has 0 amide bonds. The number of halogens is 2. The van der Waals surface area contributed by atoms with E-state index < -0.39 is 0 Å². The summed E-state index contributed by atoms with van der Waals surface area (Å²) in [6.45, 7) is 4.61. The average molecular weight is 278 g/mol. The Morgan fingerprint density at radius 2 is 1.84 bits per heavy atom. The summed E-state index contributed by atoms with van der Waals surface area (Å²) < 4.78 is 13.6. The molecule has 0 bridgehead atoms. The zero-order chi connectivity index (χ0) is 13.8. The second-order valence-electron chi connectivity index (χ2n) is 4.75. The van der Waals surface area contributed by atoms with Crippen LogP contribution in [0.5, 0.6) is 0 Å². The third kappa shape index (κ3) is 3.79. The third-order valence-corrected chi connectivity index (χ3v) is 3.43. The highest BCUT2D eigenvalue weighted by Crippen LogP contribution is 2.17. The summed E-state index contributed by atoms with van der Waals surface area (Å²) in [5, 5.41) is 3.74. The first-order chi connectivity index (χ1) is 9.06. The van der Waals surface area contributed by atoms with E-state index in [1.807, 2.05) is 0 Å². The molecule has 0 aliphatic carbocycles. The molecule has 1 N–H and O–H groups in total. The smallest absolute Gasteiger partial charge is 0.129 e. The van der Waals surface area contributed by atoms with Gasteiger partial charge >= 0.3 is 0 Å². The van der Waals surface area contributed by atoms with Gasteiger partial charge in [0.15, 0.2) is 0 Å². The van der Waals surface area contributed by atoms with Crippen molar-refractivity contribution in [3.8, 4) is 0 Å². The molecule has 100 valence electrons. The van der Waals surface area contributed by atoms with Crippen LogP contribution in [0, 0.1) is 12.7 Å². The van der Waals surface area contributed by atoms with Gasteiger partial charge in [0.1, 0.15) is 5.82 Å². The summed E-state index contributed by atoms with van der Waals surface area (Å²) in [5.41, 5.74) is 3.06. The van der Waals surface area contributed by atoms with Crippen molar-refractivity contribution in [2.24, 2.45) is 0 Å². The summed E-state index contributed by atoms with van der Waals surface area (Å²) >= 11 is 5.73. The van der Waals surface area contributed by atoms with Crippen LogP contribution in [0.25, 0.3) is 0 Å². The van der Waals surface area contributed by atoms with Crippen LogP contribution in [0.2, 0.25) is 5.02 Å². The van der Waals surface area contributed by atoms with Gasteiger partial charge in [0.2, 0.25) is 0 Å². The van der Waals surface area contributed by atoms with Crippen LogP contribution < -0.4 is 5.32 Å². The SMILES string of the molecule is Cc1ccc(C(C)NCc2ccc(Cl)cc2F)cc1. The molecule has 0 spiro atoms. The lowest BCUT2D eigenvalue weighted by Gasteiger charge is -2.15. The quantitative estimate of drug-likeness (QED) is 0.858. The lowest BCUT2D eigenvalue weighted by Crippen LogP contribution is -2.18. The van der Waals surface area contributed by atoms with Gasteiger partial charge in [0, 0.05) is 23.2 Å². The van der Waals surface area contributed by atoms with Crippen molar-refractivity contribution in [1.82, 2.24) is 5.32 Å². The van der Waals surface area contributed by atoms with E-state index in [1.165, 1.54) is 17.2 Å². The molecule has 2 aromatic rings. The first-order valence-corrected chi connectivity index (χ1v) is 6.68. The summed E-state index contributed by atoms with van der Waals surface area (Å²) in [6, 6.07) is 13.3. The zero-order valence-electron chi connectivity index (χ0n) is 11.1. The molecule has 0 radical (unpaired) electrons. The van der Waals surface area contributed by atoms with Gasteiger partial charge in [-0.1, -0.05) is 47.5 Å².